The van der Waals surface area contributed by atoms with Gasteiger partial charge in [-0.05, 0) is 49.4 Å². The predicted molar refractivity (Wildman–Crippen MR) is 91.5 cm³/mol. The number of carbonyl (C=O) groups is 1. The molecule has 3 nitrogen and oxygen atoms in total. The van der Waals surface area contributed by atoms with Crippen molar-refractivity contribution in [1.29, 1.82) is 0 Å². The molecule has 0 aromatic heterocycles. The van der Waals surface area contributed by atoms with Gasteiger partial charge in [-0.25, -0.2) is 0 Å². The second-order valence-corrected chi connectivity index (χ2v) is 6.27. The van der Waals surface area contributed by atoms with Crippen LogP contribution < -0.4 is 10.6 Å². The Bertz CT molecular complexity index is 667. The van der Waals surface area contributed by atoms with Gasteiger partial charge in [-0.3, -0.25) is 4.79 Å². The first-order valence-corrected chi connectivity index (χ1v) is 8.07. The van der Waals surface area contributed by atoms with E-state index in [9.17, 15) is 13.6 Å². The van der Waals surface area contributed by atoms with Gasteiger partial charge in [0, 0.05) is 21.3 Å². The first-order valence-electron chi connectivity index (χ1n) is 6.82. The van der Waals surface area contributed by atoms with Crippen LogP contribution >= 0.6 is 23.4 Å². The molecule has 0 radical (unpaired) electrons. The summed E-state index contributed by atoms with van der Waals surface area (Å²) in [6, 6.07) is 12.9. The number of rotatable bonds is 6. The highest BCUT2D eigenvalue weighted by Gasteiger charge is 2.13. The Balaban J connectivity index is 1.92. The number of anilines is 2. The summed E-state index contributed by atoms with van der Waals surface area (Å²) in [5, 5.41) is 6.30. The molecule has 1 atom stereocenters. The van der Waals surface area contributed by atoms with Crippen molar-refractivity contribution in [1.82, 2.24) is 0 Å². The Morgan fingerprint density at radius 1 is 1.13 bits per heavy atom. The molecule has 2 aromatic carbocycles. The molecule has 2 N–H and O–H groups in total. The van der Waals surface area contributed by atoms with Crippen LogP contribution in [0.4, 0.5) is 20.2 Å². The Morgan fingerprint density at radius 2 is 1.83 bits per heavy atom. The van der Waals surface area contributed by atoms with Crippen molar-refractivity contribution in [2.45, 2.75) is 23.6 Å². The minimum atomic E-state index is -2.45. The molecule has 23 heavy (non-hydrogen) atoms. The minimum Gasteiger partial charge on any atom is -0.374 e. The average Bonchev–Trinajstić information content (AvgIpc) is 2.48. The molecule has 0 saturated heterocycles. The van der Waals surface area contributed by atoms with Gasteiger partial charge in [-0.15, -0.1) is 0 Å². The van der Waals surface area contributed by atoms with E-state index >= 15 is 0 Å². The van der Waals surface area contributed by atoms with Crippen LogP contribution in [0.3, 0.4) is 0 Å². The summed E-state index contributed by atoms with van der Waals surface area (Å²) < 4.78 is 24.5. The molecular weight excluding hydrogens is 342 g/mol. The number of hydrogen-bond acceptors (Lipinski definition) is 3. The first-order chi connectivity index (χ1) is 10.9. The van der Waals surface area contributed by atoms with Crippen LogP contribution in [0.25, 0.3) is 0 Å². The molecule has 0 fully saturated rings. The fourth-order valence-electron chi connectivity index (χ4n) is 1.86. The fourth-order valence-corrected chi connectivity index (χ4v) is 2.55. The van der Waals surface area contributed by atoms with Gasteiger partial charge in [0.1, 0.15) is 6.04 Å². The van der Waals surface area contributed by atoms with Crippen molar-refractivity contribution in [3.63, 3.8) is 0 Å². The highest BCUT2D eigenvalue weighted by atomic mass is 35.5. The van der Waals surface area contributed by atoms with Gasteiger partial charge in [0.15, 0.2) is 0 Å². The van der Waals surface area contributed by atoms with Crippen LogP contribution in [0.1, 0.15) is 6.92 Å². The van der Waals surface area contributed by atoms with E-state index in [-0.39, 0.29) is 5.91 Å². The third-order valence-electron chi connectivity index (χ3n) is 2.95. The average molecular weight is 357 g/mol. The van der Waals surface area contributed by atoms with Crippen molar-refractivity contribution in [2.24, 2.45) is 0 Å². The number of carbonyl (C=O) groups excluding carboxylic acids is 1. The van der Waals surface area contributed by atoms with Crippen LogP contribution in [-0.4, -0.2) is 17.7 Å². The Labute approximate surface area is 142 Å². The summed E-state index contributed by atoms with van der Waals surface area (Å²) in [6.45, 7) is 1.71. The molecule has 0 aliphatic carbocycles. The van der Waals surface area contributed by atoms with Crippen LogP contribution in [0.2, 0.25) is 5.02 Å². The Hall–Kier alpha value is -1.79. The largest absolute Gasteiger partial charge is 0.374 e. The normalized spacial score (nSPS) is 12.0. The van der Waals surface area contributed by atoms with Gasteiger partial charge in [0.2, 0.25) is 5.91 Å². The Kier molecular flexibility index (Phi) is 6.24. The molecule has 0 heterocycles. The molecule has 0 aliphatic heterocycles. The summed E-state index contributed by atoms with van der Waals surface area (Å²) >= 11 is 6.35. The van der Waals surface area contributed by atoms with Crippen molar-refractivity contribution in [2.75, 3.05) is 10.6 Å². The van der Waals surface area contributed by atoms with E-state index in [1.54, 1.807) is 55.5 Å². The zero-order chi connectivity index (χ0) is 16.8. The van der Waals surface area contributed by atoms with E-state index < -0.39 is 11.8 Å². The maximum Gasteiger partial charge on any atom is 0.288 e. The third-order valence-corrected chi connectivity index (χ3v) is 3.91. The summed E-state index contributed by atoms with van der Waals surface area (Å²) in [6.07, 6.45) is 0. The minimum absolute atomic E-state index is 0.224. The van der Waals surface area contributed by atoms with Crippen molar-refractivity contribution >= 4 is 40.6 Å². The number of halogens is 3. The lowest BCUT2D eigenvalue weighted by Gasteiger charge is -2.15. The molecule has 0 aliphatic rings. The van der Waals surface area contributed by atoms with Gasteiger partial charge in [0.25, 0.3) is 5.76 Å². The zero-order valence-electron chi connectivity index (χ0n) is 12.2. The number of alkyl halides is 2. The standard InChI is InChI=1S/C16H15ClF2N2OS/c1-10(15(22)21-13-4-2-3-11(17)9-13)20-12-5-7-14(8-6-12)23-16(18)19/h2-10,16,20H,1H3,(H,21,22)/t10-/m1/s1. The van der Waals surface area contributed by atoms with Crippen LogP contribution in [0, 0.1) is 0 Å². The molecule has 0 saturated carbocycles. The van der Waals surface area contributed by atoms with E-state index in [0.29, 0.717) is 33.1 Å². The number of nitrogens with one attached hydrogen (secondary N) is 2. The summed E-state index contributed by atoms with van der Waals surface area (Å²) in [5.41, 5.74) is 1.29. The lowest BCUT2D eigenvalue weighted by molar-refractivity contribution is -0.116. The quantitative estimate of drug-likeness (QED) is 0.708. The van der Waals surface area contributed by atoms with Gasteiger partial charge in [-0.1, -0.05) is 29.4 Å². The van der Waals surface area contributed by atoms with Gasteiger partial charge in [-0.2, -0.15) is 8.78 Å². The molecule has 2 aromatic rings. The molecule has 7 heteroatoms. The summed E-state index contributed by atoms with van der Waals surface area (Å²) in [4.78, 5) is 12.6. The monoisotopic (exact) mass is 356 g/mol. The van der Waals surface area contributed by atoms with E-state index in [1.807, 2.05) is 0 Å². The van der Waals surface area contributed by atoms with Crippen molar-refractivity contribution in [3.05, 3.63) is 53.6 Å². The maximum atomic E-state index is 12.3. The smallest absolute Gasteiger partial charge is 0.288 e. The van der Waals surface area contributed by atoms with Gasteiger partial charge in [0.05, 0.1) is 0 Å². The fraction of sp³-hybridized carbons (Fsp3) is 0.188. The summed E-state index contributed by atoms with van der Waals surface area (Å²) in [5.74, 6) is -2.67. The lowest BCUT2D eigenvalue weighted by atomic mass is 10.2. The molecular formula is C16H15ClF2N2OS. The van der Waals surface area contributed by atoms with Gasteiger partial charge < -0.3 is 10.6 Å². The van der Waals surface area contributed by atoms with Crippen LogP contribution in [0.15, 0.2) is 53.4 Å². The van der Waals surface area contributed by atoms with E-state index in [4.69, 9.17) is 11.6 Å². The maximum absolute atomic E-state index is 12.3. The van der Waals surface area contributed by atoms with E-state index in [2.05, 4.69) is 10.6 Å². The van der Waals surface area contributed by atoms with E-state index in [0.717, 1.165) is 0 Å². The highest BCUT2D eigenvalue weighted by molar-refractivity contribution is 7.99. The molecule has 0 bridgehead atoms. The number of thioether (sulfide) groups is 1. The van der Waals surface area contributed by atoms with Gasteiger partial charge >= 0.3 is 0 Å². The zero-order valence-corrected chi connectivity index (χ0v) is 13.8. The van der Waals surface area contributed by atoms with E-state index in [1.165, 1.54) is 0 Å². The third kappa shape index (κ3) is 5.73. The number of benzene rings is 2. The number of hydrogen-bond donors (Lipinski definition) is 2. The molecule has 1 amide bonds. The first kappa shape index (κ1) is 17.6. The van der Waals surface area contributed by atoms with Crippen molar-refractivity contribution in [3.8, 4) is 0 Å². The molecule has 0 spiro atoms. The Morgan fingerprint density at radius 3 is 2.43 bits per heavy atom. The van der Waals surface area contributed by atoms with Crippen LogP contribution in [0.5, 0.6) is 0 Å². The predicted octanol–water partition coefficient (Wildman–Crippen LogP) is 5.09. The molecule has 0 unspecified atom stereocenters. The second kappa shape index (κ2) is 8.17. The second-order valence-electron chi connectivity index (χ2n) is 4.77. The SMILES string of the molecule is C[C@@H](Nc1ccc(SC(F)F)cc1)C(=O)Nc1cccc(Cl)c1. The van der Waals surface area contributed by atoms with Crippen LogP contribution in [-0.2, 0) is 4.79 Å². The lowest BCUT2D eigenvalue weighted by Crippen LogP contribution is -2.31. The number of amides is 1. The molecule has 122 valence electrons. The topological polar surface area (TPSA) is 41.1 Å². The van der Waals surface area contributed by atoms with Crippen molar-refractivity contribution < 1.29 is 13.6 Å². The molecule has 2 rings (SSSR count). The summed E-state index contributed by atoms with van der Waals surface area (Å²) in [7, 11) is 0. The highest BCUT2D eigenvalue weighted by Crippen LogP contribution is 2.26.